The fourth-order valence-electron chi connectivity index (χ4n) is 2.79. The Labute approximate surface area is 144 Å². The van der Waals surface area contributed by atoms with Crippen LogP contribution in [0.2, 0.25) is 0 Å². The summed E-state index contributed by atoms with van der Waals surface area (Å²) in [5.41, 5.74) is 3.26. The van der Waals surface area contributed by atoms with Crippen molar-refractivity contribution in [2.45, 2.75) is 20.4 Å². The van der Waals surface area contributed by atoms with Gasteiger partial charge in [-0.2, -0.15) is 0 Å². The summed E-state index contributed by atoms with van der Waals surface area (Å²) in [6.45, 7) is 3.80. The summed E-state index contributed by atoms with van der Waals surface area (Å²) in [7, 11) is 1.59. The molecule has 25 heavy (non-hydrogen) atoms. The molecule has 0 aliphatic rings. The van der Waals surface area contributed by atoms with E-state index in [4.69, 9.17) is 0 Å². The lowest BCUT2D eigenvalue weighted by Gasteiger charge is -2.19. The molecule has 0 radical (unpaired) electrons. The third-order valence-electron chi connectivity index (χ3n) is 4.16. The van der Waals surface area contributed by atoms with Crippen molar-refractivity contribution in [3.05, 3.63) is 76.5 Å². The number of pyridine rings is 1. The van der Waals surface area contributed by atoms with Gasteiger partial charge in [-0.25, -0.2) is 8.78 Å². The maximum Gasteiger partial charge on any atom is 0.255 e. The number of aromatic nitrogens is 1. The van der Waals surface area contributed by atoms with Crippen LogP contribution in [-0.2, 0) is 6.54 Å². The van der Waals surface area contributed by atoms with Crippen LogP contribution in [0, 0.1) is 25.5 Å². The number of nitrogens with zero attached hydrogens (tertiary/aromatic N) is 2. The van der Waals surface area contributed by atoms with Gasteiger partial charge in [0.1, 0.15) is 11.6 Å². The first-order valence-corrected chi connectivity index (χ1v) is 7.92. The first-order chi connectivity index (χ1) is 11.8. The van der Waals surface area contributed by atoms with Crippen LogP contribution in [0.5, 0.6) is 0 Å². The van der Waals surface area contributed by atoms with E-state index in [-0.39, 0.29) is 18.0 Å². The van der Waals surface area contributed by atoms with Crippen LogP contribution in [-0.4, -0.2) is 22.8 Å². The molecule has 0 spiro atoms. The number of benzene rings is 2. The first-order valence-electron chi connectivity index (χ1n) is 7.92. The van der Waals surface area contributed by atoms with Gasteiger partial charge in [0, 0.05) is 30.6 Å². The predicted molar refractivity (Wildman–Crippen MR) is 93.4 cm³/mol. The van der Waals surface area contributed by atoms with E-state index in [1.165, 1.54) is 17.0 Å². The Morgan fingerprint density at radius 1 is 1.08 bits per heavy atom. The second-order valence-corrected chi connectivity index (χ2v) is 6.21. The molecular formula is C20H18F2N2O. The normalized spacial score (nSPS) is 10.9. The third kappa shape index (κ3) is 3.50. The van der Waals surface area contributed by atoms with Gasteiger partial charge >= 0.3 is 0 Å². The number of halogens is 2. The van der Waals surface area contributed by atoms with Gasteiger partial charge in [-0.3, -0.25) is 9.78 Å². The van der Waals surface area contributed by atoms with Gasteiger partial charge in [-0.15, -0.1) is 0 Å². The highest BCUT2D eigenvalue weighted by atomic mass is 19.1. The van der Waals surface area contributed by atoms with Crippen molar-refractivity contribution in [2.75, 3.05) is 7.05 Å². The summed E-state index contributed by atoms with van der Waals surface area (Å²) in [4.78, 5) is 18.7. The molecule has 3 nitrogen and oxygen atoms in total. The monoisotopic (exact) mass is 340 g/mol. The molecule has 1 heterocycles. The molecule has 0 N–H and O–H groups in total. The molecule has 0 saturated heterocycles. The topological polar surface area (TPSA) is 33.2 Å². The number of fused-ring (bicyclic) bond motifs is 1. The number of carbonyl (C=O) groups excluding carboxylic acids is 1. The summed E-state index contributed by atoms with van der Waals surface area (Å²) < 4.78 is 26.8. The van der Waals surface area contributed by atoms with Crippen molar-refractivity contribution >= 4 is 16.8 Å². The Morgan fingerprint density at radius 3 is 2.56 bits per heavy atom. The molecule has 0 aliphatic carbocycles. The molecular weight excluding hydrogens is 322 g/mol. The number of aryl methyl sites for hydroxylation is 2. The molecule has 0 unspecified atom stereocenters. The van der Waals surface area contributed by atoms with Gasteiger partial charge in [0.05, 0.1) is 16.8 Å². The minimum atomic E-state index is -0.663. The van der Waals surface area contributed by atoms with Gasteiger partial charge in [0.25, 0.3) is 5.91 Å². The number of hydrogen-bond acceptors (Lipinski definition) is 2. The van der Waals surface area contributed by atoms with Crippen LogP contribution in [0.25, 0.3) is 10.9 Å². The van der Waals surface area contributed by atoms with Crippen LogP contribution in [0.15, 0.2) is 42.5 Å². The van der Waals surface area contributed by atoms with E-state index in [2.05, 4.69) is 4.98 Å². The van der Waals surface area contributed by atoms with E-state index >= 15 is 0 Å². The van der Waals surface area contributed by atoms with Gasteiger partial charge in [-0.1, -0.05) is 17.7 Å². The number of rotatable bonds is 3. The maximum absolute atomic E-state index is 13.8. The average molecular weight is 340 g/mol. The van der Waals surface area contributed by atoms with Crippen molar-refractivity contribution in [3.63, 3.8) is 0 Å². The second-order valence-electron chi connectivity index (χ2n) is 6.21. The average Bonchev–Trinajstić information content (AvgIpc) is 2.56. The minimum Gasteiger partial charge on any atom is -0.337 e. The standard InChI is InChI=1S/C20H18F2N2O/c1-12-4-7-19-15(8-12)9-17(13(2)23-19)20(25)24(3)11-14-5-6-16(21)10-18(14)22/h4-10H,11H2,1-3H3. The van der Waals surface area contributed by atoms with Gasteiger partial charge in [-0.05, 0) is 38.1 Å². The predicted octanol–water partition coefficient (Wildman–Crippen LogP) is 4.40. The Bertz CT molecular complexity index is 969. The summed E-state index contributed by atoms with van der Waals surface area (Å²) >= 11 is 0. The van der Waals surface area contributed by atoms with Crippen molar-refractivity contribution in [2.24, 2.45) is 0 Å². The highest BCUT2D eigenvalue weighted by molar-refractivity contribution is 5.98. The molecule has 1 aromatic heterocycles. The van der Waals surface area contributed by atoms with Crippen molar-refractivity contribution in [1.29, 1.82) is 0 Å². The first kappa shape index (κ1) is 17.0. The quantitative estimate of drug-likeness (QED) is 0.708. The number of amides is 1. The summed E-state index contributed by atoms with van der Waals surface area (Å²) in [6, 6.07) is 11.0. The van der Waals surface area contributed by atoms with E-state index in [1.54, 1.807) is 14.0 Å². The maximum atomic E-state index is 13.8. The van der Waals surface area contributed by atoms with E-state index in [9.17, 15) is 13.6 Å². The number of hydrogen-bond donors (Lipinski definition) is 0. The lowest BCUT2D eigenvalue weighted by molar-refractivity contribution is 0.0783. The Kier molecular flexibility index (Phi) is 4.49. The Morgan fingerprint density at radius 2 is 1.84 bits per heavy atom. The molecule has 0 fully saturated rings. The van der Waals surface area contributed by atoms with Crippen LogP contribution >= 0.6 is 0 Å². The fourth-order valence-corrected chi connectivity index (χ4v) is 2.79. The fraction of sp³-hybridized carbons (Fsp3) is 0.200. The molecule has 0 saturated carbocycles. The molecule has 3 rings (SSSR count). The molecule has 1 amide bonds. The van der Waals surface area contributed by atoms with Crippen LogP contribution in [0.1, 0.15) is 27.2 Å². The van der Waals surface area contributed by atoms with Crippen LogP contribution in [0.3, 0.4) is 0 Å². The van der Waals surface area contributed by atoms with E-state index in [1.807, 2.05) is 31.2 Å². The molecule has 3 aromatic rings. The highest BCUT2D eigenvalue weighted by Gasteiger charge is 2.17. The largest absolute Gasteiger partial charge is 0.337 e. The van der Waals surface area contributed by atoms with Gasteiger partial charge < -0.3 is 4.90 Å². The lowest BCUT2D eigenvalue weighted by atomic mass is 10.1. The molecule has 5 heteroatoms. The van der Waals surface area contributed by atoms with E-state index < -0.39 is 11.6 Å². The van der Waals surface area contributed by atoms with Crippen LogP contribution < -0.4 is 0 Å². The highest BCUT2D eigenvalue weighted by Crippen LogP contribution is 2.20. The smallest absolute Gasteiger partial charge is 0.255 e. The molecule has 0 aliphatic heterocycles. The van der Waals surface area contributed by atoms with Crippen molar-refractivity contribution < 1.29 is 13.6 Å². The molecule has 128 valence electrons. The molecule has 0 bridgehead atoms. The van der Waals surface area contributed by atoms with Crippen molar-refractivity contribution in [3.8, 4) is 0 Å². The second kappa shape index (κ2) is 6.59. The Hall–Kier alpha value is -2.82. The summed E-state index contributed by atoms with van der Waals surface area (Å²) in [6.07, 6.45) is 0. The zero-order valence-corrected chi connectivity index (χ0v) is 14.3. The Balaban J connectivity index is 1.91. The minimum absolute atomic E-state index is 0.0518. The SMILES string of the molecule is Cc1ccc2nc(C)c(C(=O)N(C)Cc3ccc(F)cc3F)cc2c1. The zero-order valence-electron chi connectivity index (χ0n) is 14.3. The van der Waals surface area contributed by atoms with Crippen LogP contribution in [0.4, 0.5) is 8.78 Å². The zero-order chi connectivity index (χ0) is 18.1. The number of carbonyl (C=O) groups is 1. The third-order valence-corrected chi connectivity index (χ3v) is 4.16. The van der Waals surface area contributed by atoms with Gasteiger partial charge in [0.15, 0.2) is 0 Å². The van der Waals surface area contributed by atoms with Gasteiger partial charge in [0.2, 0.25) is 0 Å². The lowest BCUT2D eigenvalue weighted by Crippen LogP contribution is -2.27. The summed E-state index contributed by atoms with van der Waals surface area (Å²) in [5, 5.41) is 0.885. The molecule has 0 atom stereocenters. The van der Waals surface area contributed by atoms with E-state index in [0.29, 0.717) is 11.3 Å². The molecule has 2 aromatic carbocycles. The van der Waals surface area contributed by atoms with E-state index in [0.717, 1.165) is 22.5 Å². The summed E-state index contributed by atoms with van der Waals surface area (Å²) in [5.74, 6) is -1.55. The van der Waals surface area contributed by atoms with Crippen molar-refractivity contribution in [1.82, 2.24) is 9.88 Å².